The summed E-state index contributed by atoms with van der Waals surface area (Å²) in [4.78, 5) is 12.7. The maximum Gasteiger partial charge on any atom is 0.195 e. The molecule has 2 N–H and O–H groups in total. The Morgan fingerprint density at radius 2 is 1.85 bits per heavy atom. The zero-order chi connectivity index (χ0) is 18.7. The molecule has 3 aromatic rings. The lowest BCUT2D eigenvalue weighted by Gasteiger charge is -2.13. The second kappa shape index (κ2) is 7.56. The Bertz CT molecular complexity index is 958. The summed E-state index contributed by atoms with van der Waals surface area (Å²) in [5.41, 5.74) is 3.32. The van der Waals surface area contributed by atoms with Crippen molar-refractivity contribution in [3.05, 3.63) is 82.6 Å². The first-order chi connectivity index (χ1) is 12.5. The lowest BCUT2D eigenvalue weighted by atomic mass is 9.96. The lowest BCUT2D eigenvalue weighted by Crippen LogP contribution is -2.06. The van der Waals surface area contributed by atoms with Crippen LogP contribution in [-0.2, 0) is 0 Å². The van der Waals surface area contributed by atoms with Gasteiger partial charge in [0, 0.05) is 10.6 Å². The van der Waals surface area contributed by atoms with Crippen molar-refractivity contribution in [2.45, 2.75) is 0 Å². The van der Waals surface area contributed by atoms with E-state index in [2.05, 4.69) is 0 Å². The van der Waals surface area contributed by atoms with Crippen LogP contribution in [0.3, 0.4) is 0 Å². The lowest BCUT2D eigenvalue weighted by molar-refractivity contribution is 0.103. The summed E-state index contributed by atoms with van der Waals surface area (Å²) in [6.07, 6.45) is 0. The summed E-state index contributed by atoms with van der Waals surface area (Å²) in [5.74, 6) is -0.847. The van der Waals surface area contributed by atoms with Crippen LogP contribution in [0.15, 0.2) is 60.7 Å². The molecule has 0 saturated carbocycles. The highest BCUT2D eigenvalue weighted by Crippen LogP contribution is 2.36. The Labute approximate surface area is 154 Å². The van der Waals surface area contributed by atoms with Crippen LogP contribution in [0.1, 0.15) is 15.9 Å². The van der Waals surface area contributed by atoms with E-state index in [1.165, 1.54) is 37.4 Å². The van der Waals surface area contributed by atoms with Gasteiger partial charge in [0.15, 0.2) is 5.78 Å². The standard InChI is InChI=1S/C20H15ClFNO3/c1-26-17-10-9-16(20(24)12-5-7-15(23-25)8-6-12)19(22)18(17)13-3-2-4-14(21)11-13/h2-11,23,25H,1H3. The van der Waals surface area contributed by atoms with E-state index in [0.29, 0.717) is 27.6 Å². The normalized spacial score (nSPS) is 10.5. The molecule has 3 rings (SSSR count). The van der Waals surface area contributed by atoms with Crippen LogP contribution < -0.4 is 10.2 Å². The first-order valence-electron chi connectivity index (χ1n) is 7.72. The Kier molecular flexibility index (Phi) is 5.21. The molecule has 0 unspecified atom stereocenters. The van der Waals surface area contributed by atoms with Crippen LogP contribution in [0, 0.1) is 5.82 Å². The zero-order valence-electron chi connectivity index (χ0n) is 13.8. The number of hydrogen-bond acceptors (Lipinski definition) is 4. The number of anilines is 1. The first-order valence-corrected chi connectivity index (χ1v) is 8.10. The minimum Gasteiger partial charge on any atom is -0.496 e. The number of carbonyl (C=O) groups excluding carboxylic acids is 1. The van der Waals surface area contributed by atoms with Crippen molar-refractivity contribution >= 4 is 23.1 Å². The molecule has 132 valence electrons. The van der Waals surface area contributed by atoms with Gasteiger partial charge in [-0.15, -0.1) is 0 Å². The Morgan fingerprint density at radius 1 is 1.12 bits per heavy atom. The van der Waals surface area contributed by atoms with Crippen molar-refractivity contribution in [2.24, 2.45) is 0 Å². The van der Waals surface area contributed by atoms with E-state index in [4.69, 9.17) is 21.5 Å². The summed E-state index contributed by atoms with van der Waals surface area (Å²) >= 11 is 6.01. The van der Waals surface area contributed by atoms with Crippen LogP contribution >= 0.6 is 11.6 Å². The SMILES string of the molecule is COc1ccc(C(=O)c2ccc(NO)cc2)c(F)c1-c1cccc(Cl)c1. The van der Waals surface area contributed by atoms with Crippen molar-refractivity contribution in [1.29, 1.82) is 0 Å². The van der Waals surface area contributed by atoms with Crippen molar-refractivity contribution in [3.8, 4) is 16.9 Å². The highest BCUT2D eigenvalue weighted by molar-refractivity contribution is 6.30. The molecule has 0 aliphatic carbocycles. The Morgan fingerprint density at radius 3 is 2.46 bits per heavy atom. The molecule has 26 heavy (non-hydrogen) atoms. The molecule has 0 amide bonds. The number of rotatable bonds is 5. The van der Waals surface area contributed by atoms with Crippen molar-refractivity contribution in [1.82, 2.24) is 0 Å². The van der Waals surface area contributed by atoms with Gasteiger partial charge < -0.3 is 4.74 Å². The third-order valence-corrected chi connectivity index (χ3v) is 4.19. The number of carbonyl (C=O) groups is 1. The van der Waals surface area contributed by atoms with Gasteiger partial charge in [-0.25, -0.2) is 4.39 Å². The van der Waals surface area contributed by atoms with Crippen LogP contribution in [-0.4, -0.2) is 18.1 Å². The molecular weight excluding hydrogens is 357 g/mol. The average molecular weight is 372 g/mol. The molecule has 3 aromatic carbocycles. The number of hydrogen-bond donors (Lipinski definition) is 2. The number of ketones is 1. The first kappa shape index (κ1) is 17.9. The average Bonchev–Trinajstić information content (AvgIpc) is 2.67. The van der Waals surface area contributed by atoms with E-state index in [9.17, 15) is 4.79 Å². The van der Waals surface area contributed by atoms with Gasteiger partial charge in [0.2, 0.25) is 0 Å². The summed E-state index contributed by atoms with van der Waals surface area (Å²) < 4.78 is 20.5. The fourth-order valence-corrected chi connectivity index (χ4v) is 2.86. The zero-order valence-corrected chi connectivity index (χ0v) is 14.5. The van der Waals surface area contributed by atoms with Gasteiger partial charge in [0.05, 0.1) is 23.9 Å². The Balaban J connectivity index is 2.11. The molecule has 0 saturated heterocycles. The molecule has 0 radical (unpaired) electrons. The van der Waals surface area contributed by atoms with E-state index >= 15 is 4.39 Å². The van der Waals surface area contributed by atoms with Crippen LogP contribution in [0.25, 0.3) is 11.1 Å². The third kappa shape index (κ3) is 3.40. The van der Waals surface area contributed by atoms with E-state index in [-0.39, 0.29) is 11.1 Å². The second-order valence-electron chi connectivity index (χ2n) is 5.53. The number of nitrogens with one attached hydrogen (secondary N) is 1. The summed E-state index contributed by atoms with van der Waals surface area (Å²) in [5, 5.41) is 9.30. The molecule has 0 atom stereocenters. The van der Waals surface area contributed by atoms with Crippen molar-refractivity contribution in [2.75, 3.05) is 12.6 Å². The van der Waals surface area contributed by atoms with Crippen molar-refractivity contribution < 1.29 is 19.1 Å². The van der Waals surface area contributed by atoms with Gasteiger partial charge >= 0.3 is 0 Å². The maximum atomic E-state index is 15.2. The molecule has 0 bridgehead atoms. The van der Waals surface area contributed by atoms with Gasteiger partial charge in [-0.3, -0.25) is 15.5 Å². The molecule has 4 nitrogen and oxygen atoms in total. The maximum absolute atomic E-state index is 15.2. The largest absolute Gasteiger partial charge is 0.496 e. The number of ether oxygens (including phenoxy) is 1. The van der Waals surface area contributed by atoms with Gasteiger partial charge in [-0.2, -0.15) is 0 Å². The smallest absolute Gasteiger partial charge is 0.195 e. The van der Waals surface area contributed by atoms with Gasteiger partial charge in [-0.1, -0.05) is 23.7 Å². The quantitative estimate of drug-likeness (QED) is 0.479. The molecule has 0 heterocycles. The molecule has 0 aliphatic heterocycles. The molecular formula is C20H15ClFNO3. The van der Waals surface area contributed by atoms with Gasteiger partial charge in [-0.05, 0) is 54.1 Å². The van der Waals surface area contributed by atoms with E-state index in [1.807, 2.05) is 5.48 Å². The molecule has 0 spiro atoms. The van der Waals surface area contributed by atoms with E-state index in [0.717, 1.165) is 0 Å². The van der Waals surface area contributed by atoms with E-state index < -0.39 is 11.6 Å². The second-order valence-corrected chi connectivity index (χ2v) is 5.97. The number of methoxy groups -OCH3 is 1. The highest BCUT2D eigenvalue weighted by Gasteiger charge is 2.21. The third-order valence-electron chi connectivity index (χ3n) is 3.96. The highest BCUT2D eigenvalue weighted by atomic mass is 35.5. The topological polar surface area (TPSA) is 58.6 Å². The Hall–Kier alpha value is -2.89. The summed E-state index contributed by atoms with van der Waals surface area (Å²) in [6.45, 7) is 0. The molecule has 6 heteroatoms. The predicted octanol–water partition coefficient (Wildman–Crippen LogP) is 5.19. The minimum atomic E-state index is -0.680. The van der Waals surface area contributed by atoms with Crippen LogP contribution in [0.4, 0.5) is 10.1 Å². The van der Waals surface area contributed by atoms with Crippen LogP contribution in [0.5, 0.6) is 5.75 Å². The minimum absolute atomic E-state index is 0.0783. The van der Waals surface area contributed by atoms with Gasteiger partial charge in [0.1, 0.15) is 11.6 Å². The molecule has 0 fully saturated rings. The summed E-state index contributed by atoms with van der Waals surface area (Å²) in [6, 6.07) is 15.7. The fourth-order valence-electron chi connectivity index (χ4n) is 2.67. The predicted molar refractivity (Wildman–Crippen MR) is 98.7 cm³/mol. The van der Waals surface area contributed by atoms with Crippen LogP contribution in [0.2, 0.25) is 5.02 Å². The molecule has 0 aromatic heterocycles. The fraction of sp³-hybridized carbons (Fsp3) is 0.0500. The van der Waals surface area contributed by atoms with Gasteiger partial charge in [0.25, 0.3) is 0 Å². The number of halogens is 2. The van der Waals surface area contributed by atoms with Crippen molar-refractivity contribution in [3.63, 3.8) is 0 Å². The van der Waals surface area contributed by atoms with E-state index in [1.54, 1.807) is 30.3 Å². The number of benzene rings is 3. The monoisotopic (exact) mass is 371 g/mol. The molecule has 0 aliphatic rings. The summed E-state index contributed by atoms with van der Waals surface area (Å²) in [7, 11) is 1.44.